The minimum absolute atomic E-state index is 0.195. The first kappa shape index (κ1) is 15.2. The van der Waals surface area contributed by atoms with Crippen LogP contribution >= 0.6 is 0 Å². The van der Waals surface area contributed by atoms with Crippen molar-refractivity contribution < 1.29 is 17.9 Å². The van der Waals surface area contributed by atoms with Crippen LogP contribution in [0.2, 0.25) is 0 Å². The molecule has 0 atom stereocenters. The lowest BCUT2D eigenvalue weighted by molar-refractivity contribution is -0.127. The Morgan fingerprint density at radius 2 is 1.91 bits per heavy atom. The quantitative estimate of drug-likeness (QED) is 0.856. The second kappa shape index (κ2) is 5.51. The SMILES string of the molecule is N#Cc1c(N)cc(-c2ccc(CC(F)(F)F)cc2)c2c1CCO2. The second-order valence-corrected chi connectivity index (χ2v) is 5.40. The molecule has 0 unspecified atom stereocenters. The van der Waals surface area contributed by atoms with Gasteiger partial charge in [0.2, 0.25) is 0 Å². The molecule has 0 radical (unpaired) electrons. The second-order valence-electron chi connectivity index (χ2n) is 5.40. The summed E-state index contributed by atoms with van der Waals surface area (Å²) in [7, 11) is 0. The molecule has 0 aromatic heterocycles. The Hall–Kier alpha value is -2.68. The Labute approximate surface area is 131 Å². The van der Waals surface area contributed by atoms with Gasteiger partial charge in [-0.25, -0.2) is 0 Å². The highest BCUT2D eigenvalue weighted by Gasteiger charge is 2.28. The molecule has 0 aliphatic carbocycles. The van der Waals surface area contributed by atoms with E-state index in [9.17, 15) is 18.4 Å². The van der Waals surface area contributed by atoms with Crippen molar-refractivity contribution in [2.75, 3.05) is 12.3 Å². The zero-order valence-corrected chi connectivity index (χ0v) is 12.1. The monoisotopic (exact) mass is 318 g/mol. The average Bonchev–Trinajstić information content (AvgIpc) is 2.95. The Morgan fingerprint density at radius 3 is 2.52 bits per heavy atom. The van der Waals surface area contributed by atoms with Gasteiger partial charge in [-0.05, 0) is 17.2 Å². The van der Waals surface area contributed by atoms with Crippen LogP contribution in [0.3, 0.4) is 0 Å². The number of nitriles is 1. The minimum atomic E-state index is -4.23. The lowest BCUT2D eigenvalue weighted by Crippen LogP contribution is -2.11. The van der Waals surface area contributed by atoms with E-state index in [1.807, 2.05) is 0 Å². The van der Waals surface area contributed by atoms with Crippen LogP contribution in [0, 0.1) is 11.3 Å². The molecule has 3 nitrogen and oxygen atoms in total. The normalized spacial score (nSPS) is 13.3. The molecule has 2 N–H and O–H groups in total. The summed E-state index contributed by atoms with van der Waals surface area (Å²) in [5.41, 5.74) is 9.07. The molecule has 2 aromatic carbocycles. The molecule has 118 valence electrons. The Balaban J connectivity index is 2.02. The maximum absolute atomic E-state index is 12.4. The fraction of sp³-hybridized carbons (Fsp3) is 0.235. The van der Waals surface area contributed by atoms with Gasteiger partial charge >= 0.3 is 6.18 Å². The standard InChI is InChI=1S/C17H13F3N2O/c18-17(19,20)8-10-1-3-11(4-2-10)13-7-15(22)14(9-21)12-5-6-23-16(12)13/h1-4,7H,5-6,8,22H2. The largest absolute Gasteiger partial charge is 0.492 e. The van der Waals surface area contributed by atoms with Crippen LogP contribution in [-0.4, -0.2) is 12.8 Å². The first-order chi connectivity index (χ1) is 10.9. The predicted molar refractivity (Wildman–Crippen MR) is 80.0 cm³/mol. The molecule has 0 saturated heterocycles. The number of nitrogens with two attached hydrogens (primary N) is 1. The highest BCUT2D eigenvalue weighted by molar-refractivity contribution is 5.80. The van der Waals surface area contributed by atoms with Gasteiger partial charge < -0.3 is 10.5 Å². The number of halogens is 3. The molecule has 0 bridgehead atoms. The van der Waals surface area contributed by atoms with Crippen LogP contribution in [0.25, 0.3) is 11.1 Å². The summed E-state index contributed by atoms with van der Waals surface area (Å²) in [6.07, 6.45) is -4.59. The first-order valence-electron chi connectivity index (χ1n) is 7.03. The molecule has 1 aliphatic heterocycles. The van der Waals surface area contributed by atoms with E-state index >= 15 is 0 Å². The van der Waals surface area contributed by atoms with E-state index < -0.39 is 12.6 Å². The number of hydrogen-bond donors (Lipinski definition) is 1. The summed E-state index contributed by atoms with van der Waals surface area (Å²) in [6, 6.07) is 9.84. The molecule has 1 heterocycles. The van der Waals surface area contributed by atoms with Crippen LogP contribution in [0.15, 0.2) is 30.3 Å². The molecule has 1 aliphatic rings. The lowest BCUT2D eigenvalue weighted by atomic mass is 9.95. The number of anilines is 1. The maximum atomic E-state index is 12.4. The summed E-state index contributed by atoms with van der Waals surface area (Å²) < 4.78 is 42.8. The number of benzene rings is 2. The van der Waals surface area contributed by atoms with Crippen LogP contribution in [0.5, 0.6) is 5.75 Å². The van der Waals surface area contributed by atoms with Crippen LogP contribution in [-0.2, 0) is 12.8 Å². The third kappa shape index (κ3) is 2.95. The fourth-order valence-corrected chi connectivity index (χ4v) is 2.78. The summed E-state index contributed by atoms with van der Waals surface area (Å²) >= 11 is 0. The predicted octanol–water partition coefficient (Wildman–Crippen LogP) is 3.85. The van der Waals surface area contributed by atoms with Gasteiger partial charge in [-0.15, -0.1) is 0 Å². The van der Waals surface area contributed by atoms with Crippen molar-refractivity contribution >= 4 is 5.69 Å². The van der Waals surface area contributed by atoms with E-state index in [4.69, 9.17) is 10.5 Å². The lowest BCUT2D eigenvalue weighted by Gasteiger charge is -2.12. The molecule has 0 amide bonds. The van der Waals surface area contributed by atoms with Crippen LogP contribution in [0.4, 0.5) is 18.9 Å². The molecule has 0 spiro atoms. The number of rotatable bonds is 2. The van der Waals surface area contributed by atoms with Crippen molar-refractivity contribution in [1.82, 2.24) is 0 Å². The smallest absolute Gasteiger partial charge is 0.393 e. The Bertz CT molecular complexity index is 789. The summed E-state index contributed by atoms with van der Waals surface area (Å²) in [6.45, 7) is 0.465. The first-order valence-corrected chi connectivity index (χ1v) is 7.03. The topological polar surface area (TPSA) is 59.0 Å². The van der Waals surface area contributed by atoms with Gasteiger partial charge in [0.15, 0.2) is 0 Å². The highest BCUT2D eigenvalue weighted by atomic mass is 19.4. The van der Waals surface area contributed by atoms with Crippen LogP contribution < -0.4 is 10.5 Å². The van der Waals surface area contributed by atoms with Crippen molar-refractivity contribution in [1.29, 1.82) is 5.26 Å². The number of hydrogen-bond acceptors (Lipinski definition) is 3. The number of alkyl halides is 3. The molecular formula is C17H13F3N2O. The fourth-order valence-electron chi connectivity index (χ4n) is 2.78. The van der Waals surface area contributed by atoms with Crippen molar-refractivity contribution in [2.45, 2.75) is 19.0 Å². The molecular weight excluding hydrogens is 305 g/mol. The van der Waals surface area contributed by atoms with Gasteiger partial charge in [0, 0.05) is 17.5 Å². The van der Waals surface area contributed by atoms with Crippen molar-refractivity contribution in [2.24, 2.45) is 0 Å². The van der Waals surface area contributed by atoms with E-state index in [0.29, 0.717) is 41.2 Å². The minimum Gasteiger partial charge on any atom is -0.492 e. The van der Waals surface area contributed by atoms with Crippen molar-refractivity contribution in [3.63, 3.8) is 0 Å². The Kier molecular flexibility index (Phi) is 3.64. The average molecular weight is 318 g/mol. The molecule has 0 saturated carbocycles. The van der Waals surface area contributed by atoms with E-state index in [1.165, 1.54) is 12.1 Å². The number of nitrogens with zero attached hydrogens (tertiary/aromatic N) is 1. The molecule has 3 rings (SSSR count). The van der Waals surface area contributed by atoms with Gasteiger partial charge in [-0.1, -0.05) is 24.3 Å². The maximum Gasteiger partial charge on any atom is 0.393 e. The molecule has 0 fully saturated rings. The van der Waals surface area contributed by atoms with Gasteiger partial charge in [0.25, 0.3) is 0 Å². The van der Waals surface area contributed by atoms with E-state index in [2.05, 4.69) is 6.07 Å². The highest BCUT2D eigenvalue weighted by Crippen LogP contribution is 2.41. The third-order valence-electron chi connectivity index (χ3n) is 3.79. The number of fused-ring (bicyclic) bond motifs is 1. The summed E-state index contributed by atoms with van der Waals surface area (Å²) in [4.78, 5) is 0. The van der Waals surface area contributed by atoms with Crippen molar-refractivity contribution in [3.8, 4) is 22.9 Å². The molecule has 2 aromatic rings. The van der Waals surface area contributed by atoms with E-state index in [1.54, 1.807) is 18.2 Å². The summed E-state index contributed by atoms with van der Waals surface area (Å²) in [5, 5.41) is 9.20. The summed E-state index contributed by atoms with van der Waals surface area (Å²) in [5.74, 6) is 0.597. The number of ether oxygens (including phenoxy) is 1. The van der Waals surface area contributed by atoms with Gasteiger partial charge in [0.05, 0.1) is 24.3 Å². The van der Waals surface area contributed by atoms with Gasteiger partial charge in [0.1, 0.15) is 11.8 Å². The van der Waals surface area contributed by atoms with E-state index in [-0.39, 0.29) is 5.56 Å². The molecule has 23 heavy (non-hydrogen) atoms. The van der Waals surface area contributed by atoms with Gasteiger partial charge in [-0.3, -0.25) is 0 Å². The number of nitrogen functional groups attached to an aromatic ring is 1. The Morgan fingerprint density at radius 1 is 1.22 bits per heavy atom. The van der Waals surface area contributed by atoms with Crippen molar-refractivity contribution in [3.05, 3.63) is 47.0 Å². The van der Waals surface area contributed by atoms with Gasteiger partial charge in [-0.2, -0.15) is 18.4 Å². The van der Waals surface area contributed by atoms with E-state index in [0.717, 1.165) is 5.56 Å². The zero-order valence-electron chi connectivity index (χ0n) is 12.1. The molecule has 6 heteroatoms. The van der Waals surface area contributed by atoms with Crippen LogP contribution in [0.1, 0.15) is 16.7 Å². The zero-order chi connectivity index (χ0) is 16.6. The third-order valence-corrected chi connectivity index (χ3v) is 3.79.